The molecule has 0 saturated heterocycles. The minimum Gasteiger partial charge on any atom is -0.486 e. The summed E-state index contributed by atoms with van der Waals surface area (Å²) in [6.07, 6.45) is 0. The smallest absolute Gasteiger partial charge is 0.291 e. The number of hydrogen-bond acceptors (Lipinski definition) is 4. The number of nitrogens with zero attached hydrogens (tertiary/aromatic N) is 2. The van der Waals surface area contributed by atoms with Gasteiger partial charge in [0.25, 0.3) is 5.91 Å². The summed E-state index contributed by atoms with van der Waals surface area (Å²) in [5.41, 5.74) is 3.90. The second-order valence-corrected chi connectivity index (χ2v) is 9.11. The molecule has 0 aliphatic heterocycles. The van der Waals surface area contributed by atoms with Crippen LogP contribution in [0.4, 0.5) is 5.69 Å². The molecule has 34 heavy (non-hydrogen) atoms. The first-order chi connectivity index (χ1) is 16.2. The van der Waals surface area contributed by atoms with Crippen molar-refractivity contribution in [3.05, 3.63) is 97.6 Å². The van der Waals surface area contributed by atoms with Crippen molar-refractivity contribution in [2.75, 3.05) is 5.32 Å². The average molecular weight is 519 g/mol. The van der Waals surface area contributed by atoms with Crippen LogP contribution in [0.2, 0.25) is 15.1 Å². The van der Waals surface area contributed by atoms with Gasteiger partial charge in [0.15, 0.2) is 5.76 Å². The molecule has 0 unspecified atom stereocenters. The van der Waals surface area contributed by atoms with Crippen LogP contribution in [0.3, 0.4) is 0 Å². The monoisotopic (exact) mass is 517 g/mol. The van der Waals surface area contributed by atoms with E-state index in [1.165, 1.54) is 0 Å². The molecule has 0 fully saturated rings. The fourth-order valence-corrected chi connectivity index (χ4v) is 4.04. The van der Waals surface area contributed by atoms with Crippen LogP contribution >= 0.6 is 34.8 Å². The number of benzene rings is 2. The van der Waals surface area contributed by atoms with Crippen molar-refractivity contribution in [1.29, 1.82) is 0 Å². The van der Waals surface area contributed by atoms with Gasteiger partial charge in [0.05, 0.1) is 23.6 Å². The molecule has 2 aromatic heterocycles. The second-order valence-electron chi connectivity index (χ2n) is 7.86. The minimum absolute atomic E-state index is 0.179. The fourth-order valence-electron chi connectivity index (χ4n) is 3.46. The normalized spacial score (nSPS) is 11.0. The van der Waals surface area contributed by atoms with Gasteiger partial charge in [-0.3, -0.25) is 9.48 Å². The van der Waals surface area contributed by atoms with Gasteiger partial charge in [0, 0.05) is 15.1 Å². The molecule has 9 heteroatoms. The van der Waals surface area contributed by atoms with Crippen molar-refractivity contribution in [3.8, 4) is 5.75 Å². The van der Waals surface area contributed by atoms with Crippen LogP contribution < -0.4 is 10.1 Å². The van der Waals surface area contributed by atoms with Crippen LogP contribution in [0.5, 0.6) is 5.75 Å². The third kappa shape index (κ3) is 5.41. The Hall–Kier alpha value is -2.93. The fraction of sp³-hybridized carbons (Fsp3) is 0.200. The van der Waals surface area contributed by atoms with Gasteiger partial charge >= 0.3 is 0 Å². The Bertz CT molecular complexity index is 1360. The number of nitrogens with one attached hydrogen (secondary N) is 1. The first kappa shape index (κ1) is 24.2. The van der Waals surface area contributed by atoms with Crippen LogP contribution in [-0.4, -0.2) is 15.7 Å². The zero-order valence-corrected chi connectivity index (χ0v) is 21.1. The van der Waals surface area contributed by atoms with E-state index in [2.05, 4.69) is 10.4 Å². The third-order valence-corrected chi connectivity index (χ3v) is 6.36. The molecular formula is C25H22Cl3N3O3. The highest BCUT2D eigenvalue weighted by atomic mass is 35.5. The van der Waals surface area contributed by atoms with Gasteiger partial charge in [-0.2, -0.15) is 5.10 Å². The molecule has 0 bridgehead atoms. The molecular weight excluding hydrogens is 497 g/mol. The number of aryl methyl sites for hydroxylation is 2. The van der Waals surface area contributed by atoms with Crippen molar-refractivity contribution >= 4 is 46.4 Å². The highest BCUT2D eigenvalue weighted by Gasteiger charge is 2.18. The molecule has 0 aliphatic rings. The lowest BCUT2D eigenvalue weighted by molar-refractivity contribution is 0.0992. The minimum atomic E-state index is -0.371. The summed E-state index contributed by atoms with van der Waals surface area (Å²) in [5, 5.41) is 9.25. The van der Waals surface area contributed by atoms with E-state index in [1.807, 2.05) is 32.9 Å². The Morgan fingerprint density at radius 1 is 1.03 bits per heavy atom. The highest BCUT2D eigenvalue weighted by Crippen LogP contribution is 2.26. The number of carbonyl (C=O) groups is 1. The van der Waals surface area contributed by atoms with E-state index in [-0.39, 0.29) is 18.3 Å². The number of rotatable bonds is 7. The molecule has 6 nitrogen and oxygen atoms in total. The van der Waals surface area contributed by atoms with E-state index in [0.29, 0.717) is 44.5 Å². The maximum Gasteiger partial charge on any atom is 0.291 e. The summed E-state index contributed by atoms with van der Waals surface area (Å²) in [6.45, 7) is 6.25. The van der Waals surface area contributed by atoms with Crippen LogP contribution in [-0.2, 0) is 13.2 Å². The molecule has 1 amide bonds. The van der Waals surface area contributed by atoms with Crippen molar-refractivity contribution in [2.45, 2.75) is 33.9 Å². The lowest BCUT2D eigenvalue weighted by Gasteiger charge is -2.08. The van der Waals surface area contributed by atoms with Crippen LogP contribution in [0, 0.1) is 20.8 Å². The summed E-state index contributed by atoms with van der Waals surface area (Å²) in [4.78, 5) is 12.8. The number of ether oxygens (including phenoxy) is 1. The predicted octanol–water partition coefficient (Wildman–Crippen LogP) is 7.24. The topological polar surface area (TPSA) is 69.3 Å². The second kappa shape index (κ2) is 10.1. The standard InChI is InChI=1S/C25H22Cl3N3O3/c1-14-10-19(6-8-21(14)27)33-13-20-7-9-23(34-20)25(32)29-24-15(2)30-31(16(24)3)12-17-4-5-18(26)11-22(17)28/h4-11H,12-13H2,1-3H3,(H,29,32). The van der Waals surface area contributed by atoms with Crippen molar-refractivity contribution in [2.24, 2.45) is 0 Å². The summed E-state index contributed by atoms with van der Waals surface area (Å²) < 4.78 is 13.2. The van der Waals surface area contributed by atoms with E-state index in [4.69, 9.17) is 44.0 Å². The Kier molecular flexibility index (Phi) is 7.22. The first-order valence-electron chi connectivity index (χ1n) is 10.5. The van der Waals surface area contributed by atoms with Gasteiger partial charge in [-0.25, -0.2) is 0 Å². The highest BCUT2D eigenvalue weighted by molar-refractivity contribution is 6.35. The molecule has 1 N–H and O–H groups in total. The van der Waals surface area contributed by atoms with Crippen LogP contribution in [0.15, 0.2) is 52.9 Å². The lowest BCUT2D eigenvalue weighted by atomic mass is 10.2. The maximum absolute atomic E-state index is 12.8. The number of anilines is 1. The molecule has 176 valence electrons. The average Bonchev–Trinajstić information content (AvgIpc) is 3.37. The SMILES string of the molecule is Cc1cc(OCc2ccc(C(=O)Nc3c(C)nn(Cc4ccc(Cl)cc4Cl)c3C)o2)ccc1Cl. The van der Waals surface area contributed by atoms with Gasteiger partial charge < -0.3 is 14.5 Å². The van der Waals surface area contributed by atoms with Gasteiger partial charge in [-0.15, -0.1) is 0 Å². The molecule has 0 radical (unpaired) electrons. The van der Waals surface area contributed by atoms with Crippen molar-refractivity contribution in [1.82, 2.24) is 9.78 Å². The first-order valence-corrected chi connectivity index (χ1v) is 11.6. The molecule has 0 atom stereocenters. The quantitative estimate of drug-likeness (QED) is 0.280. The van der Waals surface area contributed by atoms with E-state index in [1.54, 1.807) is 41.1 Å². The molecule has 2 heterocycles. The summed E-state index contributed by atoms with van der Waals surface area (Å²) in [6, 6.07) is 14.1. The molecule has 0 saturated carbocycles. The maximum atomic E-state index is 12.8. The largest absolute Gasteiger partial charge is 0.486 e. The third-order valence-electron chi connectivity index (χ3n) is 5.35. The zero-order chi connectivity index (χ0) is 24.4. The molecule has 4 rings (SSSR count). The summed E-state index contributed by atoms with van der Waals surface area (Å²) in [5.74, 6) is 1.00. The lowest BCUT2D eigenvalue weighted by Crippen LogP contribution is -2.12. The molecule has 4 aromatic rings. The number of aromatic nitrogens is 2. The number of hydrogen-bond donors (Lipinski definition) is 1. The van der Waals surface area contributed by atoms with Gasteiger partial charge in [-0.05, 0) is 74.4 Å². The van der Waals surface area contributed by atoms with Crippen LogP contribution in [0.25, 0.3) is 0 Å². The van der Waals surface area contributed by atoms with Crippen LogP contribution in [0.1, 0.15) is 38.8 Å². The van der Waals surface area contributed by atoms with Gasteiger partial charge in [0.2, 0.25) is 0 Å². The molecule has 2 aromatic carbocycles. The van der Waals surface area contributed by atoms with Crippen molar-refractivity contribution < 1.29 is 13.9 Å². The van der Waals surface area contributed by atoms with Gasteiger partial charge in [0.1, 0.15) is 18.1 Å². The summed E-state index contributed by atoms with van der Waals surface area (Å²) in [7, 11) is 0. The predicted molar refractivity (Wildman–Crippen MR) is 134 cm³/mol. The number of carbonyl (C=O) groups excluding carboxylic acids is 1. The van der Waals surface area contributed by atoms with E-state index in [0.717, 1.165) is 16.8 Å². The molecule has 0 aliphatic carbocycles. The molecule has 0 spiro atoms. The zero-order valence-electron chi connectivity index (χ0n) is 18.8. The van der Waals surface area contributed by atoms with E-state index >= 15 is 0 Å². The number of halogens is 3. The van der Waals surface area contributed by atoms with Crippen molar-refractivity contribution in [3.63, 3.8) is 0 Å². The Morgan fingerprint density at radius 3 is 2.56 bits per heavy atom. The number of amides is 1. The number of furan rings is 1. The van der Waals surface area contributed by atoms with E-state index < -0.39 is 0 Å². The Balaban J connectivity index is 1.42. The Labute approximate surface area is 212 Å². The van der Waals surface area contributed by atoms with E-state index in [9.17, 15) is 4.79 Å². The Morgan fingerprint density at radius 2 is 1.82 bits per heavy atom. The summed E-state index contributed by atoms with van der Waals surface area (Å²) >= 11 is 18.3. The van der Waals surface area contributed by atoms with Gasteiger partial charge in [-0.1, -0.05) is 40.9 Å².